The van der Waals surface area contributed by atoms with E-state index >= 15 is 0 Å². The Hall–Kier alpha value is -3.40. The molecule has 0 saturated heterocycles. The van der Waals surface area contributed by atoms with Gasteiger partial charge in [0.1, 0.15) is 23.0 Å². The molecule has 0 bridgehead atoms. The van der Waals surface area contributed by atoms with Crippen molar-refractivity contribution in [3.05, 3.63) is 66.7 Å². The Labute approximate surface area is 145 Å². The zero-order valence-corrected chi connectivity index (χ0v) is 13.7. The minimum Gasteiger partial charge on any atom is -0.507 e. The number of hydrogen-bond donors (Lipinski definition) is 2. The lowest BCUT2D eigenvalue weighted by molar-refractivity contribution is 0.418. The monoisotopic (exact) mass is 331 g/mol. The predicted molar refractivity (Wildman–Crippen MR) is 101 cm³/mol. The van der Waals surface area contributed by atoms with E-state index in [1.807, 2.05) is 48.5 Å². The van der Waals surface area contributed by atoms with Crippen LogP contribution in [0.4, 0.5) is 5.69 Å². The molecule has 0 aliphatic carbocycles. The highest BCUT2D eigenvalue weighted by atomic mass is 16.5. The van der Waals surface area contributed by atoms with Crippen LogP contribution >= 0.6 is 0 Å². The van der Waals surface area contributed by atoms with E-state index in [9.17, 15) is 5.11 Å². The summed E-state index contributed by atoms with van der Waals surface area (Å²) in [6.07, 6.45) is 0. The van der Waals surface area contributed by atoms with Crippen LogP contribution in [0.2, 0.25) is 0 Å². The first-order chi connectivity index (χ1) is 12.2. The molecule has 0 unspecified atom stereocenters. The quantitative estimate of drug-likeness (QED) is 0.514. The third-order valence-electron chi connectivity index (χ3n) is 4.30. The number of fused-ring (bicyclic) bond motifs is 2. The van der Waals surface area contributed by atoms with E-state index in [1.54, 1.807) is 25.3 Å². The molecule has 4 heteroatoms. The molecular formula is C21H17NO3. The average molecular weight is 331 g/mol. The van der Waals surface area contributed by atoms with Gasteiger partial charge in [0.05, 0.1) is 12.5 Å². The van der Waals surface area contributed by atoms with Crippen LogP contribution in [0.3, 0.4) is 0 Å². The molecule has 0 spiro atoms. The zero-order valence-electron chi connectivity index (χ0n) is 13.7. The maximum absolute atomic E-state index is 10.4. The highest BCUT2D eigenvalue weighted by Gasteiger charge is 2.13. The van der Waals surface area contributed by atoms with Crippen molar-refractivity contribution in [3.63, 3.8) is 0 Å². The number of phenols is 1. The number of anilines is 1. The number of nitrogens with two attached hydrogens (primary N) is 1. The molecule has 4 aromatic rings. The van der Waals surface area contributed by atoms with Crippen molar-refractivity contribution < 1.29 is 14.6 Å². The number of ether oxygens (including phenoxy) is 2. The van der Waals surface area contributed by atoms with Crippen LogP contribution in [0.15, 0.2) is 66.7 Å². The topological polar surface area (TPSA) is 64.7 Å². The van der Waals surface area contributed by atoms with Crippen molar-refractivity contribution >= 4 is 27.2 Å². The standard InChI is InChI=1S/C21H17NO3/c1-24-18-11-12-20(21-15(18)7-4-8-17(21)23)25-19-10-9-16(22)13-5-2-3-6-14(13)19/h2-12,23H,22H2,1H3. The van der Waals surface area contributed by atoms with Gasteiger partial charge in [-0.3, -0.25) is 0 Å². The summed E-state index contributed by atoms with van der Waals surface area (Å²) >= 11 is 0. The molecule has 0 amide bonds. The minimum absolute atomic E-state index is 0.145. The molecule has 3 N–H and O–H groups in total. The number of phenolic OH excluding ortho intramolecular Hbond substituents is 1. The Bertz CT molecular complexity index is 1090. The second-order valence-corrected chi connectivity index (χ2v) is 5.77. The number of benzene rings is 4. The Morgan fingerprint density at radius 1 is 0.720 bits per heavy atom. The number of rotatable bonds is 3. The zero-order chi connectivity index (χ0) is 17.4. The summed E-state index contributed by atoms with van der Waals surface area (Å²) in [6, 6.07) is 20.4. The van der Waals surface area contributed by atoms with Crippen LogP contribution in [0.25, 0.3) is 21.5 Å². The van der Waals surface area contributed by atoms with Gasteiger partial charge in [0.2, 0.25) is 0 Å². The summed E-state index contributed by atoms with van der Waals surface area (Å²) in [7, 11) is 1.60. The van der Waals surface area contributed by atoms with E-state index in [0.29, 0.717) is 28.3 Å². The largest absolute Gasteiger partial charge is 0.507 e. The molecule has 124 valence electrons. The summed E-state index contributed by atoms with van der Waals surface area (Å²) in [5, 5.41) is 13.6. The second-order valence-electron chi connectivity index (χ2n) is 5.77. The third kappa shape index (κ3) is 2.48. The van der Waals surface area contributed by atoms with Crippen LogP contribution in [0.5, 0.6) is 23.0 Å². The number of methoxy groups -OCH3 is 1. The lowest BCUT2D eigenvalue weighted by Crippen LogP contribution is -1.92. The predicted octanol–water partition coefficient (Wildman–Crippen LogP) is 5.08. The second kappa shape index (κ2) is 5.91. The van der Waals surface area contributed by atoms with E-state index in [4.69, 9.17) is 15.2 Å². The van der Waals surface area contributed by atoms with Gasteiger partial charge in [0, 0.05) is 21.8 Å². The van der Waals surface area contributed by atoms with Crippen molar-refractivity contribution in [2.45, 2.75) is 0 Å². The van der Waals surface area contributed by atoms with Crippen molar-refractivity contribution in [2.75, 3.05) is 12.8 Å². The van der Waals surface area contributed by atoms with Crippen molar-refractivity contribution in [2.24, 2.45) is 0 Å². The summed E-state index contributed by atoms with van der Waals surface area (Å²) in [6.45, 7) is 0. The molecule has 0 fully saturated rings. The van der Waals surface area contributed by atoms with Crippen molar-refractivity contribution in [1.29, 1.82) is 0 Å². The first-order valence-electron chi connectivity index (χ1n) is 7.93. The van der Waals surface area contributed by atoms with Gasteiger partial charge in [-0.25, -0.2) is 0 Å². The normalized spacial score (nSPS) is 10.9. The molecule has 0 aliphatic rings. The van der Waals surface area contributed by atoms with Crippen LogP contribution in [0, 0.1) is 0 Å². The molecule has 0 radical (unpaired) electrons. The van der Waals surface area contributed by atoms with Crippen LogP contribution in [0.1, 0.15) is 0 Å². The number of nitrogen functional groups attached to an aromatic ring is 1. The van der Waals surface area contributed by atoms with Gasteiger partial charge in [-0.1, -0.05) is 36.4 Å². The first kappa shape index (κ1) is 15.1. The molecule has 4 nitrogen and oxygen atoms in total. The maximum Gasteiger partial charge on any atom is 0.139 e. The van der Waals surface area contributed by atoms with Crippen LogP contribution in [-0.2, 0) is 0 Å². The highest BCUT2D eigenvalue weighted by molar-refractivity contribution is 6.00. The maximum atomic E-state index is 10.4. The molecule has 0 saturated carbocycles. The average Bonchev–Trinajstić information content (AvgIpc) is 2.64. The SMILES string of the molecule is COc1ccc(Oc2ccc(N)c3ccccc23)c2c(O)cccc12. The number of aromatic hydroxyl groups is 1. The van der Waals surface area contributed by atoms with Crippen LogP contribution in [-0.4, -0.2) is 12.2 Å². The van der Waals surface area contributed by atoms with E-state index < -0.39 is 0 Å². The van der Waals surface area contributed by atoms with Gasteiger partial charge >= 0.3 is 0 Å². The van der Waals surface area contributed by atoms with Gasteiger partial charge in [0.15, 0.2) is 0 Å². The van der Waals surface area contributed by atoms with Gasteiger partial charge < -0.3 is 20.3 Å². The Morgan fingerprint density at radius 2 is 1.40 bits per heavy atom. The van der Waals surface area contributed by atoms with E-state index in [0.717, 1.165) is 16.2 Å². The lowest BCUT2D eigenvalue weighted by atomic mass is 10.1. The number of hydrogen-bond acceptors (Lipinski definition) is 4. The molecule has 0 atom stereocenters. The molecule has 0 heterocycles. The summed E-state index contributed by atoms with van der Waals surface area (Å²) in [5.74, 6) is 2.06. The summed E-state index contributed by atoms with van der Waals surface area (Å²) < 4.78 is 11.6. The van der Waals surface area contributed by atoms with Gasteiger partial charge in [0.25, 0.3) is 0 Å². The fraction of sp³-hybridized carbons (Fsp3) is 0.0476. The smallest absolute Gasteiger partial charge is 0.139 e. The minimum atomic E-state index is 0.145. The van der Waals surface area contributed by atoms with E-state index in [-0.39, 0.29) is 5.75 Å². The fourth-order valence-electron chi connectivity index (χ4n) is 3.09. The third-order valence-corrected chi connectivity index (χ3v) is 4.30. The Kier molecular flexibility index (Phi) is 3.58. The van der Waals surface area contributed by atoms with Crippen LogP contribution < -0.4 is 15.2 Å². The Balaban J connectivity index is 1.92. The lowest BCUT2D eigenvalue weighted by Gasteiger charge is -2.14. The van der Waals surface area contributed by atoms with Crippen molar-refractivity contribution in [3.8, 4) is 23.0 Å². The van der Waals surface area contributed by atoms with Gasteiger partial charge in [-0.15, -0.1) is 0 Å². The molecule has 0 aromatic heterocycles. The van der Waals surface area contributed by atoms with Gasteiger partial charge in [-0.05, 0) is 30.3 Å². The van der Waals surface area contributed by atoms with E-state index in [2.05, 4.69) is 0 Å². The van der Waals surface area contributed by atoms with E-state index in [1.165, 1.54) is 0 Å². The summed E-state index contributed by atoms with van der Waals surface area (Å²) in [5.41, 5.74) is 6.76. The first-order valence-corrected chi connectivity index (χ1v) is 7.93. The van der Waals surface area contributed by atoms with Gasteiger partial charge in [-0.2, -0.15) is 0 Å². The molecule has 4 rings (SSSR count). The molecule has 4 aromatic carbocycles. The molecular weight excluding hydrogens is 314 g/mol. The molecule has 0 aliphatic heterocycles. The van der Waals surface area contributed by atoms with Crippen molar-refractivity contribution in [1.82, 2.24) is 0 Å². The highest BCUT2D eigenvalue weighted by Crippen LogP contribution is 2.42. The molecule has 25 heavy (non-hydrogen) atoms. The summed E-state index contributed by atoms with van der Waals surface area (Å²) in [4.78, 5) is 0. The fourth-order valence-corrected chi connectivity index (χ4v) is 3.09. The Morgan fingerprint density at radius 3 is 2.20 bits per heavy atom.